The third-order valence-electron chi connectivity index (χ3n) is 8.94. The van der Waals surface area contributed by atoms with E-state index in [1.165, 1.54) is 0 Å². The van der Waals surface area contributed by atoms with Crippen molar-refractivity contribution in [2.75, 3.05) is 0 Å². The molecule has 5 heterocycles. The van der Waals surface area contributed by atoms with Crippen molar-refractivity contribution in [1.82, 2.24) is 19.9 Å². The number of carboxylic acids is 3. The Hall–Kier alpha value is -3.21. The SMILES string of the molecule is C=Cc1c(C)c2cc3nc(c(CC(=O)O)c4nc(cc5[nH]c(cc1[nH]2)c(C)c5CC)C(C)=C4C(=O)O)[C@@H](CCC(=O)O)[C@@H]3C.[CaH2].[Cu]. The van der Waals surface area contributed by atoms with Crippen LogP contribution >= 0.6 is 0 Å². The predicted octanol–water partition coefficient (Wildman–Crippen LogP) is 5.61. The van der Waals surface area contributed by atoms with Gasteiger partial charge in [0.15, 0.2) is 0 Å². The van der Waals surface area contributed by atoms with Gasteiger partial charge < -0.3 is 25.3 Å². The fraction of sp³-hybridized carbons (Fsp3) is 0.324. The van der Waals surface area contributed by atoms with Gasteiger partial charge in [0.2, 0.25) is 0 Å². The number of nitrogens with one attached hydrogen (secondary N) is 2. The number of aromatic nitrogens is 4. The molecule has 0 spiro atoms. The molecule has 0 aliphatic carbocycles. The van der Waals surface area contributed by atoms with Gasteiger partial charge in [0.1, 0.15) is 0 Å². The molecule has 2 aliphatic heterocycles. The van der Waals surface area contributed by atoms with Crippen LogP contribution in [0, 0.1) is 13.8 Å². The molecule has 3 aromatic rings. The summed E-state index contributed by atoms with van der Waals surface area (Å²) >= 11 is 0. The van der Waals surface area contributed by atoms with E-state index in [0.717, 1.165) is 44.3 Å². The molecule has 0 saturated heterocycles. The summed E-state index contributed by atoms with van der Waals surface area (Å²) in [5, 5.41) is 29.9. The van der Waals surface area contributed by atoms with E-state index in [1.807, 2.05) is 45.9 Å². The first-order valence-corrected chi connectivity index (χ1v) is 14.6. The molecule has 0 fully saturated rings. The van der Waals surface area contributed by atoms with Gasteiger partial charge in [0.05, 0.1) is 29.1 Å². The molecule has 0 amide bonds. The molecule has 2 atom stereocenters. The van der Waals surface area contributed by atoms with E-state index in [-0.39, 0.29) is 90.4 Å². The smallest absolute Gasteiger partial charge is 0 e. The van der Waals surface area contributed by atoms with Crippen LogP contribution in [-0.2, 0) is 44.3 Å². The Morgan fingerprint density at radius 2 is 1.57 bits per heavy atom. The number of aryl methyl sites for hydroxylation is 3. The number of carboxylic acid groups (broad SMARTS) is 3. The Morgan fingerprint density at radius 3 is 2.15 bits per heavy atom. The number of nitrogens with zero attached hydrogens (tertiary/aromatic N) is 2. The Labute approximate surface area is 306 Å². The minimum atomic E-state index is -1.23. The monoisotopic (exact) mass is 701 g/mol. The minimum Gasteiger partial charge on any atom is 0 e. The van der Waals surface area contributed by atoms with Crippen molar-refractivity contribution in [3.63, 3.8) is 0 Å². The summed E-state index contributed by atoms with van der Waals surface area (Å²) in [4.78, 5) is 53.2. The van der Waals surface area contributed by atoms with Crippen LogP contribution in [0.3, 0.4) is 0 Å². The zero-order valence-electron chi connectivity index (χ0n) is 25.8. The molecule has 3 aromatic heterocycles. The van der Waals surface area contributed by atoms with E-state index in [2.05, 4.69) is 16.5 Å². The van der Waals surface area contributed by atoms with Gasteiger partial charge in [-0.15, -0.1) is 0 Å². The summed E-state index contributed by atoms with van der Waals surface area (Å²) in [6.07, 6.45) is 2.03. The standard InChI is InChI=1S/C34H36N4O6.Ca.Cu.2H/c1-7-19-15(3)23-12-25-17(5)21(9-10-29(39)40)32(37-25)22(11-30(41)42)33-31(34(43)44)18(6)26(38-33)14-28-20(8-2)16(4)24(36-28)13-27(19)35-23;;;;/h7,12-14,17,21,35-36H,1,8-11H2,2-6H3,(H,39,40)(H,41,42)(H,43,44);;;;/t17-,21-;;;;/m0..../s1. The van der Waals surface area contributed by atoms with Crippen LogP contribution in [0.15, 0.2) is 24.8 Å². The second-order valence-electron chi connectivity index (χ2n) is 11.5. The van der Waals surface area contributed by atoms with Crippen molar-refractivity contribution in [1.29, 1.82) is 0 Å². The quantitative estimate of drug-likeness (QED) is 0.189. The molecule has 2 aliphatic rings. The Morgan fingerprint density at radius 1 is 0.913 bits per heavy atom. The van der Waals surface area contributed by atoms with E-state index < -0.39 is 30.2 Å². The summed E-state index contributed by atoms with van der Waals surface area (Å²) in [6.45, 7) is 13.7. The van der Waals surface area contributed by atoms with Crippen LogP contribution in [0.1, 0.15) is 96.0 Å². The third kappa shape index (κ3) is 6.75. The van der Waals surface area contributed by atoms with Gasteiger partial charge in [-0.2, -0.15) is 0 Å². The molecule has 243 valence electrons. The van der Waals surface area contributed by atoms with E-state index in [0.29, 0.717) is 29.1 Å². The van der Waals surface area contributed by atoms with Crippen molar-refractivity contribution >= 4 is 94.9 Å². The number of H-pyrrole nitrogens is 2. The fourth-order valence-electron chi connectivity index (χ4n) is 6.53. The van der Waals surface area contributed by atoms with Crippen molar-refractivity contribution in [3.05, 3.63) is 75.4 Å². The topological polar surface area (TPSA) is 169 Å². The average Bonchev–Trinajstić information content (AvgIpc) is 3.63. The second kappa shape index (κ2) is 14.7. The van der Waals surface area contributed by atoms with Gasteiger partial charge in [-0.1, -0.05) is 26.5 Å². The number of rotatable bonds is 8. The van der Waals surface area contributed by atoms with Gasteiger partial charge in [-0.05, 0) is 74.1 Å². The number of hydrogen-bond donors (Lipinski definition) is 5. The summed E-state index contributed by atoms with van der Waals surface area (Å²) in [5.41, 5.74) is 9.23. The van der Waals surface area contributed by atoms with Gasteiger partial charge >= 0.3 is 55.6 Å². The molecule has 10 nitrogen and oxygen atoms in total. The number of fused-ring (bicyclic) bond motifs is 8. The van der Waals surface area contributed by atoms with Crippen LogP contribution in [0.5, 0.6) is 0 Å². The summed E-state index contributed by atoms with van der Waals surface area (Å²) in [7, 11) is 0. The first-order chi connectivity index (χ1) is 20.9. The molecular formula is C34H38CaCuN4O6. The largest absolute Gasteiger partial charge is 0 e. The normalized spacial score (nSPS) is 15.6. The van der Waals surface area contributed by atoms with Crippen LogP contribution in [-0.4, -0.2) is 90.9 Å². The predicted molar refractivity (Wildman–Crippen MR) is 178 cm³/mol. The number of aromatic amines is 2. The first kappa shape index (κ1) is 37.2. The summed E-state index contributed by atoms with van der Waals surface area (Å²) < 4.78 is 0. The van der Waals surface area contributed by atoms with Crippen molar-refractivity contribution in [2.45, 2.75) is 72.1 Å². The molecule has 0 unspecified atom stereocenters. The third-order valence-corrected chi connectivity index (χ3v) is 8.94. The summed E-state index contributed by atoms with van der Waals surface area (Å²) in [5.74, 6) is -4.13. The Balaban J connectivity index is 0.00000288. The molecule has 1 radical (unpaired) electrons. The number of carbonyl (C=O) groups is 3. The van der Waals surface area contributed by atoms with E-state index in [4.69, 9.17) is 9.97 Å². The molecule has 0 saturated carbocycles. The van der Waals surface area contributed by atoms with Crippen molar-refractivity contribution in [2.24, 2.45) is 0 Å². The van der Waals surface area contributed by atoms with E-state index >= 15 is 0 Å². The molecule has 5 rings (SSSR count). The van der Waals surface area contributed by atoms with Gasteiger partial charge in [0, 0.05) is 74.2 Å². The maximum absolute atomic E-state index is 12.7. The summed E-state index contributed by atoms with van der Waals surface area (Å²) in [6, 6.07) is 5.75. The van der Waals surface area contributed by atoms with Gasteiger partial charge in [-0.3, -0.25) is 14.6 Å². The zero-order chi connectivity index (χ0) is 32.0. The van der Waals surface area contributed by atoms with E-state index in [9.17, 15) is 29.7 Å². The molecule has 0 aromatic carbocycles. The number of hydrogen-bond acceptors (Lipinski definition) is 5. The number of aliphatic carboxylic acids is 3. The maximum atomic E-state index is 12.7. The minimum absolute atomic E-state index is 0. The Kier molecular flexibility index (Phi) is 11.9. The van der Waals surface area contributed by atoms with Crippen LogP contribution in [0.2, 0.25) is 0 Å². The molecule has 5 N–H and O–H groups in total. The van der Waals surface area contributed by atoms with E-state index in [1.54, 1.807) is 13.0 Å². The maximum Gasteiger partial charge on any atom is 0 e. The molecule has 46 heavy (non-hydrogen) atoms. The van der Waals surface area contributed by atoms with Crippen molar-refractivity contribution in [3.8, 4) is 0 Å². The zero-order valence-corrected chi connectivity index (χ0v) is 26.7. The van der Waals surface area contributed by atoms with Gasteiger partial charge in [-0.25, -0.2) is 9.78 Å². The molecule has 12 heteroatoms. The van der Waals surface area contributed by atoms with Gasteiger partial charge in [0.25, 0.3) is 0 Å². The van der Waals surface area contributed by atoms with Crippen molar-refractivity contribution < 1.29 is 46.8 Å². The second-order valence-corrected chi connectivity index (χ2v) is 11.5. The Bertz CT molecular complexity index is 1960. The van der Waals surface area contributed by atoms with Crippen LogP contribution in [0.25, 0.3) is 39.3 Å². The molecule has 8 bridgehead atoms. The van der Waals surface area contributed by atoms with Crippen LogP contribution in [0.4, 0.5) is 0 Å². The fourth-order valence-corrected chi connectivity index (χ4v) is 6.53. The molecular weight excluding hydrogens is 664 g/mol. The first-order valence-electron chi connectivity index (χ1n) is 14.6. The average molecular weight is 702 g/mol. The van der Waals surface area contributed by atoms with Crippen LogP contribution < -0.4 is 0 Å². The number of allylic oxidation sites excluding steroid dienone is 1.